The Labute approximate surface area is 246 Å². The van der Waals surface area contributed by atoms with E-state index in [0.717, 1.165) is 77.3 Å². The molecule has 5 heteroatoms. The highest BCUT2D eigenvalue weighted by atomic mass is 16.3. The van der Waals surface area contributed by atoms with Crippen LogP contribution in [-0.4, -0.2) is 9.97 Å². The molecule has 0 aliphatic heterocycles. The fourth-order valence-electron chi connectivity index (χ4n) is 6.27. The van der Waals surface area contributed by atoms with Crippen molar-refractivity contribution in [1.29, 1.82) is 0 Å². The molecule has 0 saturated heterocycles. The van der Waals surface area contributed by atoms with Gasteiger partial charge in [-0.15, -0.1) is 0 Å². The second-order valence-corrected chi connectivity index (χ2v) is 10.7. The second-order valence-electron chi connectivity index (χ2n) is 10.7. The fraction of sp³-hybridized carbons (Fsp3) is 0. The molecular weight excluding hydrogens is 530 g/mol. The lowest BCUT2D eigenvalue weighted by Crippen LogP contribution is -2.11. The van der Waals surface area contributed by atoms with Crippen molar-refractivity contribution in [1.82, 2.24) is 9.97 Å². The third kappa shape index (κ3) is 3.72. The van der Waals surface area contributed by atoms with Crippen LogP contribution in [0.5, 0.6) is 0 Å². The monoisotopic (exact) mass is 553 g/mol. The molecule has 9 rings (SSSR count). The maximum Gasteiger partial charge on any atom is 0.227 e. The van der Waals surface area contributed by atoms with E-state index in [-0.39, 0.29) is 0 Å². The van der Waals surface area contributed by atoms with Crippen LogP contribution in [0.15, 0.2) is 149 Å². The summed E-state index contributed by atoms with van der Waals surface area (Å²) < 4.78 is 12.6. The number of rotatable bonds is 4. The van der Waals surface area contributed by atoms with Crippen LogP contribution >= 0.6 is 0 Å². The Hall–Kier alpha value is -5.94. The minimum Gasteiger partial charge on any atom is -0.454 e. The van der Waals surface area contributed by atoms with Gasteiger partial charge < -0.3 is 13.7 Å². The van der Waals surface area contributed by atoms with Crippen LogP contribution in [0, 0.1) is 0 Å². The van der Waals surface area contributed by atoms with Gasteiger partial charge in [0, 0.05) is 40.3 Å². The van der Waals surface area contributed by atoms with Gasteiger partial charge in [0.15, 0.2) is 5.58 Å². The molecule has 0 aliphatic rings. The van der Waals surface area contributed by atoms with Crippen molar-refractivity contribution in [2.24, 2.45) is 0 Å². The largest absolute Gasteiger partial charge is 0.454 e. The zero-order valence-electron chi connectivity index (χ0n) is 22.9. The van der Waals surface area contributed by atoms with Crippen LogP contribution in [0.2, 0.25) is 0 Å². The number of hydrogen-bond acceptors (Lipinski definition) is 5. The van der Waals surface area contributed by atoms with E-state index < -0.39 is 0 Å². The number of aromatic nitrogens is 2. The highest BCUT2D eigenvalue weighted by molar-refractivity contribution is 6.15. The first kappa shape index (κ1) is 23.7. The van der Waals surface area contributed by atoms with Crippen molar-refractivity contribution in [2.75, 3.05) is 4.90 Å². The maximum absolute atomic E-state index is 6.32. The lowest BCUT2D eigenvalue weighted by atomic mass is 9.98. The predicted molar refractivity (Wildman–Crippen MR) is 174 cm³/mol. The maximum atomic E-state index is 6.32. The van der Waals surface area contributed by atoms with Gasteiger partial charge in [0.25, 0.3) is 0 Å². The molecule has 9 aromatic rings. The number of fused-ring (bicyclic) bond motifs is 7. The van der Waals surface area contributed by atoms with Gasteiger partial charge in [0.1, 0.15) is 11.2 Å². The Morgan fingerprint density at radius 3 is 2.33 bits per heavy atom. The van der Waals surface area contributed by atoms with Gasteiger partial charge in [0.2, 0.25) is 5.71 Å². The molecule has 0 N–H and O–H groups in total. The molecule has 0 atom stereocenters. The Balaban J connectivity index is 1.39. The molecule has 5 nitrogen and oxygen atoms in total. The standard InChI is InChI=1S/C38H23N3O2/c1-2-8-24(9-3-1)26-20-25-10-4-5-11-28(25)33(21-26)41(27-15-16-29-30-17-19-39-23-36(30)42-35(29)22-27)32-13-6-14-34-37(32)31-12-7-18-40-38(31)43-34/h1-23H. The number of furan rings is 2. The van der Waals surface area contributed by atoms with Crippen LogP contribution in [-0.2, 0) is 0 Å². The summed E-state index contributed by atoms with van der Waals surface area (Å²) in [5, 5.41) is 6.38. The first-order valence-corrected chi connectivity index (χ1v) is 14.2. The molecule has 202 valence electrons. The van der Waals surface area contributed by atoms with Crippen LogP contribution < -0.4 is 4.90 Å². The highest BCUT2D eigenvalue weighted by Crippen LogP contribution is 2.46. The summed E-state index contributed by atoms with van der Waals surface area (Å²) >= 11 is 0. The van der Waals surface area contributed by atoms with Crippen LogP contribution in [0.25, 0.3) is 65.9 Å². The number of hydrogen-bond donors (Lipinski definition) is 0. The van der Waals surface area contributed by atoms with E-state index in [0.29, 0.717) is 5.71 Å². The molecule has 4 heterocycles. The third-order valence-corrected chi connectivity index (χ3v) is 8.20. The first-order valence-electron chi connectivity index (χ1n) is 14.2. The molecule has 43 heavy (non-hydrogen) atoms. The topological polar surface area (TPSA) is 55.3 Å². The van der Waals surface area contributed by atoms with Gasteiger partial charge in [-0.05, 0) is 71.1 Å². The van der Waals surface area contributed by atoms with Crippen LogP contribution in [0.4, 0.5) is 17.1 Å². The molecule has 0 amide bonds. The molecule has 0 aliphatic carbocycles. The minimum atomic E-state index is 0.619. The molecule has 0 fully saturated rings. The summed E-state index contributed by atoms with van der Waals surface area (Å²) in [6.07, 6.45) is 5.34. The van der Waals surface area contributed by atoms with Crippen molar-refractivity contribution < 1.29 is 8.83 Å². The van der Waals surface area contributed by atoms with Gasteiger partial charge in [-0.25, -0.2) is 4.98 Å². The summed E-state index contributed by atoms with van der Waals surface area (Å²) in [5.41, 5.74) is 8.31. The number of anilines is 3. The molecule has 4 aromatic heterocycles. The van der Waals surface area contributed by atoms with Gasteiger partial charge in [0.05, 0.1) is 28.3 Å². The molecule has 0 unspecified atom stereocenters. The lowest BCUT2D eigenvalue weighted by Gasteiger charge is -2.28. The van der Waals surface area contributed by atoms with Crippen molar-refractivity contribution >= 4 is 71.8 Å². The van der Waals surface area contributed by atoms with Crippen molar-refractivity contribution in [2.45, 2.75) is 0 Å². The molecule has 0 spiro atoms. The molecule has 0 saturated carbocycles. The molecule has 5 aromatic carbocycles. The highest BCUT2D eigenvalue weighted by Gasteiger charge is 2.23. The number of pyridine rings is 2. The van der Waals surface area contributed by atoms with Crippen LogP contribution in [0.3, 0.4) is 0 Å². The molecule has 0 bridgehead atoms. The smallest absolute Gasteiger partial charge is 0.227 e. The van der Waals surface area contributed by atoms with Gasteiger partial charge in [-0.1, -0.05) is 60.7 Å². The summed E-state index contributed by atoms with van der Waals surface area (Å²) in [5.74, 6) is 0. The van der Waals surface area contributed by atoms with Gasteiger partial charge >= 0.3 is 0 Å². The van der Waals surface area contributed by atoms with E-state index in [4.69, 9.17) is 8.83 Å². The van der Waals surface area contributed by atoms with Gasteiger partial charge in [-0.3, -0.25) is 4.98 Å². The van der Waals surface area contributed by atoms with E-state index >= 15 is 0 Å². The molecule has 0 radical (unpaired) electrons. The Morgan fingerprint density at radius 2 is 1.37 bits per heavy atom. The average molecular weight is 554 g/mol. The third-order valence-electron chi connectivity index (χ3n) is 8.20. The number of benzene rings is 5. The Bertz CT molecular complexity index is 2480. The quantitative estimate of drug-likeness (QED) is 0.217. The van der Waals surface area contributed by atoms with Crippen molar-refractivity contribution in [3.63, 3.8) is 0 Å². The average Bonchev–Trinajstić information content (AvgIpc) is 3.64. The summed E-state index contributed by atoms with van der Waals surface area (Å²) in [6.45, 7) is 0. The Kier molecular flexibility index (Phi) is 5.13. The Morgan fingerprint density at radius 1 is 0.512 bits per heavy atom. The summed E-state index contributed by atoms with van der Waals surface area (Å²) in [4.78, 5) is 11.1. The van der Waals surface area contributed by atoms with Gasteiger partial charge in [-0.2, -0.15) is 0 Å². The minimum absolute atomic E-state index is 0.619. The van der Waals surface area contributed by atoms with Crippen LogP contribution in [0.1, 0.15) is 0 Å². The van der Waals surface area contributed by atoms with Crippen molar-refractivity contribution in [3.05, 3.63) is 140 Å². The zero-order valence-corrected chi connectivity index (χ0v) is 22.9. The summed E-state index contributed by atoms with van der Waals surface area (Å²) in [6, 6.07) is 42.3. The van der Waals surface area contributed by atoms with E-state index in [9.17, 15) is 0 Å². The normalized spacial score (nSPS) is 11.7. The summed E-state index contributed by atoms with van der Waals surface area (Å²) in [7, 11) is 0. The van der Waals surface area contributed by atoms with E-state index in [1.54, 1.807) is 18.6 Å². The fourth-order valence-corrected chi connectivity index (χ4v) is 6.27. The van der Waals surface area contributed by atoms with E-state index in [1.807, 2.05) is 24.3 Å². The van der Waals surface area contributed by atoms with E-state index in [2.05, 4.69) is 112 Å². The SMILES string of the molecule is c1ccc(-c2cc(N(c3ccc4c(c3)oc3cnccc34)c3cccc4oc5ncccc5c34)c3ccccc3c2)cc1. The first-order chi connectivity index (χ1) is 21.3. The lowest BCUT2D eigenvalue weighted by molar-refractivity contribution is 0.654. The van der Waals surface area contributed by atoms with Crippen molar-refractivity contribution in [3.8, 4) is 11.1 Å². The predicted octanol–water partition coefficient (Wildman–Crippen LogP) is 10.6. The van der Waals surface area contributed by atoms with E-state index in [1.165, 1.54) is 0 Å². The number of nitrogens with zero attached hydrogens (tertiary/aromatic N) is 3. The second kappa shape index (κ2) is 9.29. The zero-order chi connectivity index (χ0) is 28.3. The molecular formula is C38H23N3O2.